The molecule has 4 rings (SSSR count). The number of ether oxygens (including phenoxy) is 1. The summed E-state index contributed by atoms with van der Waals surface area (Å²) in [4.78, 5) is 38.4. The maximum atomic E-state index is 14.1. The lowest BCUT2D eigenvalue weighted by Gasteiger charge is -2.17. The molecule has 1 atom stereocenters. The monoisotopic (exact) mass is 450 g/mol. The van der Waals surface area contributed by atoms with E-state index in [9.17, 15) is 18.8 Å². The minimum absolute atomic E-state index is 0.0152. The Morgan fingerprint density at radius 2 is 1.91 bits per heavy atom. The number of benzene rings is 2. The lowest BCUT2D eigenvalue weighted by atomic mass is 10.1. The molecule has 1 saturated heterocycles. The number of aromatic nitrogens is 2. The van der Waals surface area contributed by atoms with Gasteiger partial charge < -0.3 is 15.0 Å². The van der Waals surface area contributed by atoms with Crippen LogP contribution in [0, 0.1) is 18.7 Å². The minimum atomic E-state index is -0.586. The van der Waals surface area contributed by atoms with Gasteiger partial charge in [-0.05, 0) is 50.2 Å². The van der Waals surface area contributed by atoms with Crippen LogP contribution in [0.3, 0.4) is 0 Å². The third kappa shape index (κ3) is 4.48. The van der Waals surface area contributed by atoms with Crippen LogP contribution in [0.4, 0.5) is 15.8 Å². The van der Waals surface area contributed by atoms with E-state index in [4.69, 9.17) is 4.74 Å². The standard InChI is InChI=1S/C24H23FN4O4/c1-3-33-24(32)19-13-26-29(15(19)2)18-10-8-17(9-11-18)27-23(31)16-12-22(30)28(14-16)21-7-5-4-6-20(21)25/h4-11,13,16H,3,12,14H2,1-2H3,(H,27,31). The van der Waals surface area contributed by atoms with Gasteiger partial charge in [-0.25, -0.2) is 13.9 Å². The molecule has 2 heterocycles. The second kappa shape index (κ2) is 9.23. The van der Waals surface area contributed by atoms with Gasteiger partial charge in [0.15, 0.2) is 0 Å². The first-order valence-electron chi connectivity index (χ1n) is 10.6. The highest BCUT2D eigenvalue weighted by Gasteiger charge is 2.36. The van der Waals surface area contributed by atoms with Crippen molar-refractivity contribution in [2.75, 3.05) is 23.4 Å². The number of esters is 1. The Balaban J connectivity index is 1.43. The van der Waals surface area contributed by atoms with Crippen LogP contribution in [0.5, 0.6) is 0 Å². The van der Waals surface area contributed by atoms with E-state index in [1.54, 1.807) is 54.9 Å². The normalized spacial score (nSPS) is 15.5. The summed E-state index contributed by atoms with van der Waals surface area (Å²) in [6.45, 7) is 3.91. The highest BCUT2D eigenvalue weighted by atomic mass is 19.1. The minimum Gasteiger partial charge on any atom is -0.462 e. The first kappa shape index (κ1) is 22.2. The molecule has 1 fully saturated rings. The Morgan fingerprint density at radius 3 is 2.61 bits per heavy atom. The van der Waals surface area contributed by atoms with E-state index in [1.807, 2.05) is 0 Å². The zero-order valence-electron chi connectivity index (χ0n) is 18.2. The van der Waals surface area contributed by atoms with E-state index in [0.717, 1.165) is 0 Å². The van der Waals surface area contributed by atoms with Crippen LogP contribution in [0.1, 0.15) is 29.4 Å². The molecule has 9 heteroatoms. The number of rotatable bonds is 6. The van der Waals surface area contributed by atoms with Crippen LogP contribution in [0.15, 0.2) is 54.7 Å². The zero-order chi connectivity index (χ0) is 23.5. The van der Waals surface area contributed by atoms with Gasteiger partial charge in [0.2, 0.25) is 11.8 Å². The van der Waals surface area contributed by atoms with Crippen molar-refractivity contribution in [3.8, 4) is 5.69 Å². The van der Waals surface area contributed by atoms with Gasteiger partial charge in [0, 0.05) is 18.7 Å². The predicted molar refractivity (Wildman–Crippen MR) is 120 cm³/mol. The van der Waals surface area contributed by atoms with Crippen molar-refractivity contribution in [3.63, 3.8) is 0 Å². The van der Waals surface area contributed by atoms with Crippen LogP contribution in [-0.4, -0.2) is 40.7 Å². The molecule has 0 aliphatic carbocycles. The molecule has 33 heavy (non-hydrogen) atoms. The first-order valence-corrected chi connectivity index (χ1v) is 10.6. The molecule has 170 valence electrons. The van der Waals surface area contributed by atoms with Gasteiger partial charge in [0.25, 0.3) is 0 Å². The van der Waals surface area contributed by atoms with Gasteiger partial charge >= 0.3 is 5.97 Å². The number of hydrogen-bond donors (Lipinski definition) is 1. The predicted octanol–water partition coefficient (Wildman–Crippen LogP) is 3.49. The molecule has 0 bridgehead atoms. The van der Waals surface area contributed by atoms with Crippen molar-refractivity contribution in [2.45, 2.75) is 20.3 Å². The number of anilines is 2. The summed E-state index contributed by atoms with van der Waals surface area (Å²) in [6, 6.07) is 13.0. The van der Waals surface area contributed by atoms with E-state index in [2.05, 4.69) is 10.4 Å². The highest BCUT2D eigenvalue weighted by molar-refractivity contribution is 6.03. The molecule has 0 radical (unpaired) electrons. The molecular weight excluding hydrogens is 427 g/mol. The van der Waals surface area contributed by atoms with Gasteiger partial charge in [0.1, 0.15) is 11.4 Å². The van der Waals surface area contributed by atoms with Gasteiger partial charge in [-0.15, -0.1) is 0 Å². The van der Waals surface area contributed by atoms with E-state index in [0.29, 0.717) is 22.6 Å². The number of nitrogens with one attached hydrogen (secondary N) is 1. The number of nitrogens with zero attached hydrogens (tertiary/aromatic N) is 3. The number of carbonyl (C=O) groups is 3. The summed E-state index contributed by atoms with van der Waals surface area (Å²) < 4.78 is 20.7. The Kier molecular flexibility index (Phi) is 6.21. The van der Waals surface area contributed by atoms with Crippen LogP contribution in [-0.2, 0) is 14.3 Å². The van der Waals surface area contributed by atoms with Gasteiger partial charge in [-0.2, -0.15) is 5.10 Å². The van der Waals surface area contributed by atoms with E-state index >= 15 is 0 Å². The molecule has 8 nitrogen and oxygen atoms in total. The maximum absolute atomic E-state index is 14.1. The van der Waals surface area contributed by atoms with Crippen molar-refractivity contribution in [1.29, 1.82) is 0 Å². The Hall–Kier alpha value is -4.01. The number of amides is 2. The zero-order valence-corrected chi connectivity index (χ0v) is 18.2. The molecule has 2 aromatic carbocycles. The molecule has 2 amide bonds. The lowest BCUT2D eigenvalue weighted by Crippen LogP contribution is -2.28. The molecule has 0 spiro atoms. The first-order chi connectivity index (χ1) is 15.9. The molecule has 1 N–H and O–H groups in total. The molecule has 0 saturated carbocycles. The number of hydrogen-bond acceptors (Lipinski definition) is 5. The van der Waals surface area contributed by atoms with Crippen molar-refractivity contribution in [2.24, 2.45) is 5.92 Å². The fourth-order valence-corrected chi connectivity index (χ4v) is 3.80. The van der Waals surface area contributed by atoms with Crippen molar-refractivity contribution < 1.29 is 23.5 Å². The molecule has 1 aliphatic heterocycles. The summed E-state index contributed by atoms with van der Waals surface area (Å²) in [5.74, 6) is -2.11. The third-order valence-corrected chi connectivity index (χ3v) is 5.52. The Labute approximate surface area is 190 Å². The highest BCUT2D eigenvalue weighted by Crippen LogP contribution is 2.28. The summed E-state index contributed by atoms with van der Waals surface area (Å²) in [5, 5.41) is 7.06. The van der Waals surface area contributed by atoms with Gasteiger partial charge in [0.05, 0.1) is 35.8 Å². The summed E-state index contributed by atoms with van der Waals surface area (Å²) >= 11 is 0. The molecule has 3 aromatic rings. The topological polar surface area (TPSA) is 93.5 Å². The fraction of sp³-hybridized carbons (Fsp3) is 0.250. The van der Waals surface area contributed by atoms with E-state index in [-0.39, 0.29) is 37.1 Å². The summed E-state index contributed by atoms with van der Waals surface area (Å²) in [5.41, 5.74) is 2.47. The summed E-state index contributed by atoms with van der Waals surface area (Å²) in [7, 11) is 0. The smallest absolute Gasteiger partial charge is 0.341 e. The second-order valence-corrected chi connectivity index (χ2v) is 7.67. The number of para-hydroxylation sites is 1. The average Bonchev–Trinajstić information content (AvgIpc) is 3.38. The van der Waals surface area contributed by atoms with Crippen molar-refractivity contribution >= 4 is 29.2 Å². The average molecular weight is 450 g/mol. The maximum Gasteiger partial charge on any atom is 0.341 e. The number of carbonyl (C=O) groups excluding carboxylic acids is 3. The third-order valence-electron chi connectivity index (χ3n) is 5.52. The van der Waals surface area contributed by atoms with E-state index < -0.39 is 17.7 Å². The van der Waals surface area contributed by atoms with Crippen LogP contribution in [0.25, 0.3) is 5.69 Å². The quantitative estimate of drug-likeness (QED) is 0.581. The Bertz CT molecular complexity index is 1210. The van der Waals surface area contributed by atoms with Crippen molar-refractivity contribution in [1.82, 2.24) is 9.78 Å². The van der Waals surface area contributed by atoms with Crippen molar-refractivity contribution in [3.05, 3.63) is 71.8 Å². The van der Waals surface area contributed by atoms with Gasteiger partial charge in [-0.1, -0.05) is 12.1 Å². The Morgan fingerprint density at radius 1 is 1.18 bits per heavy atom. The second-order valence-electron chi connectivity index (χ2n) is 7.67. The SMILES string of the molecule is CCOC(=O)c1cnn(-c2ccc(NC(=O)C3CC(=O)N(c4ccccc4F)C3)cc2)c1C. The largest absolute Gasteiger partial charge is 0.462 e. The van der Waals surface area contributed by atoms with Gasteiger partial charge in [-0.3, -0.25) is 9.59 Å². The summed E-state index contributed by atoms with van der Waals surface area (Å²) in [6.07, 6.45) is 1.48. The van der Waals surface area contributed by atoms with Crippen LogP contribution in [0.2, 0.25) is 0 Å². The fourth-order valence-electron chi connectivity index (χ4n) is 3.80. The molecule has 1 aromatic heterocycles. The van der Waals surface area contributed by atoms with Crippen LogP contribution < -0.4 is 10.2 Å². The molecular formula is C24H23FN4O4. The van der Waals surface area contributed by atoms with Crippen LogP contribution >= 0.6 is 0 Å². The molecule has 1 unspecified atom stereocenters. The lowest BCUT2D eigenvalue weighted by molar-refractivity contribution is -0.122. The number of halogens is 1. The molecule has 1 aliphatic rings. The van der Waals surface area contributed by atoms with E-state index in [1.165, 1.54) is 23.2 Å².